The van der Waals surface area contributed by atoms with Crippen molar-refractivity contribution >= 4 is 0 Å². The molecule has 0 aromatic rings. The van der Waals surface area contributed by atoms with Crippen molar-refractivity contribution in [2.75, 3.05) is 13.2 Å². The highest BCUT2D eigenvalue weighted by atomic mass is 16.5. The average molecular weight is 141 g/mol. The molecule has 2 rings (SSSR count). The maximum Gasteiger partial charge on any atom is 0.0747 e. The highest BCUT2D eigenvalue weighted by Crippen LogP contribution is 2.35. The zero-order chi connectivity index (χ0) is 7.14. The van der Waals surface area contributed by atoms with Crippen LogP contribution in [0.1, 0.15) is 20.3 Å². The number of nitrogens with zero attached hydrogens (tertiary/aromatic N) is 1. The molecule has 2 nitrogen and oxygen atoms in total. The predicted molar refractivity (Wildman–Crippen MR) is 40.0 cm³/mol. The topological polar surface area (TPSA) is 12.5 Å². The van der Waals surface area contributed by atoms with Crippen molar-refractivity contribution in [2.24, 2.45) is 0 Å². The lowest BCUT2D eigenvalue weighted by molar-refractivity contribution is 0.0182. The summed E-state index contributed by atoms with van der Waals surface area (Å²) in [7, 11) is 0. The summed E-state index contributed by atoms with van der Waals surface area (Å²) in [5, 5.41) is 0. The Hall–Kier alpha value is -0.0800. The Morgan fingerprint density at radius 2 is 2.30 bits per heavy atom. The van der Waals surface area contributed by atoms with Gasteiger partial charge >= 0.3 is 0 Å². The van der Waals surface area contributed by atoms with Crippen LogP contribution in [0.2, 0.25) is 0 Å². The van der Waals surface area contributed by atoms with Crippen molar-refractivity contribution in [3.63, 3.8) is 0 Å². The monoisotopic (exact) mass is 141 g/mol. The van der Waals surface area contributed by atoms with E-state index in [1.165, 1.54) is 6.42 Å². The van der Waals surface area contributed by atoms with Gasteiger partial charge < -0.3 is 4.74 Å². The van der Waals surface area contributed by atoms with E-state index in [1.54, 1.807) is 0 Å². The molecule has 0 unspecified atom stereocenters. The molecular weight excluding hydrogens is 126 g/mol. The van der Waals surface area contributed by atoms with E-state index in [0.29, 0.717) is 12.1 Å². The zero-order valence-corrected chi connectivity index (χ0v) is 6.71. The Labute approximate surface area is 62.2 Å². The quantitative estimate of drug-likeness (QED) is 0.537. The van der Waals surface area contributed by atoms with Crippen LogP contribution in [0, 0.1) is 0 Å². The minimum atomic E-state index is 0.594. The molecule has 0 radical (unpaired) electrons. The molecule has 1 aliphatic carbocycles. The lowest BCUT2D eigenvalue weighted by Gasteiger charge is -2.29. The van der Waals surface area contributed by atoms with Crippen molar-refractivity contribution in [1.29, 1.82) is 0 Å². The Kier molecular flexibility index (Phi) is 1.46. The SMILES string of the molecule is CC(C)N1CCO[C@H]2C[C@H]21. The molecule has 1 saturated carbocycles. The van der Waals surface area contributed by atoms with Crippen LogP contribution in [-0.4, -0.2) is 36.2 Å². The second kappa shape index (κ2) is 2.21. The molecule has 2 fully saturated rings. The van der Waals surface area contributed by atoms with Gasteiger partial charge in [-0.2, -0.15) is 0 Å². The smallest absolute Gasteiger partial charge is 0.0747 e. The van der Waals surface area contributed by atoms with Crippen LogP contribution in [0.15, 0.2) is 0 Å². The Bertz CT molecular complexity index is 135. The second-order valence-electron chi connectivity index (χ2n) is 3.54. The molecule has 0 bridgehead atoms. The molecule has 0 aromatic heterocycles. The first-order valence-corrected chi connectivity index (χ1v) is 4.16. The van der Waals surface area contributed by atoms with Crippen LogP contribution < -0.4 is 0 Å². The number of hydrogen-bond donors (Lipinski definition) is 0. The molecule has 2 heteroatoms. The first-order chi connectivity index (χ1) is 4.79. The van der Waals surface area contributed by atoms with Crippen molar-refractivity contribution in [1.82, 2.24) is 4.90 Å². The zero-order valence-electron chi connectivity index (χ0n) is 6.71. The summed E-state index contributed by atoms with van der Waals surface area (Å²) in [6.07, 6.45) is 1.87. The van der Waals surface area contributed by atoms with Crippen LogP contribution in [0.25, 0.3) is 0 Å². The molecule has 10 heavy (non-hydrogen) atoms. The molecule has 1 saturated heterocycles. The molecule has 0 N–H and O–H groups in total. The number of fused-ring (bicyclic) bond motifs is 1. The summed E-state index contributed by atoms with van der Waals surface area (Å²) in [4.78, 5) is 2.55. The van der Waals surface area contributed by atoms with Crippen LogP contribution in [0.5, 0.6) is 0 Å². The number of rotatable bonds is 1. The highest BCUT2D eigenvalue weighted by molar-refractivity contribution is 5.00. The first kappa shape index (κ1) is 6.62. The summed E-state index contributed by atoms with van der Waals surface area (Å²) in [5.41, 5.74) is 0. The van der Waals surface area contributed by atoms with Gasteiger partial charge in [0.2, 0.25) is 0 Å². The summed E-state index contributed by atoms with van der Waals surface area (Å²) < 4.78 is 5.49. The van der Waals surface area contributed by atoms with E-state index in [2.05, 4.69) is 18.7 Å². The Balaban J connectivity index is 1.96. The number of morpholine rings is 1. The molecule has 0 amide bonds. The van der Waals surface area contributed by atoms with Crippen molar-refractivity contribution in [2.45, 2.75) is 38.5 Å². The van der Waals surface area contributed by atoms with E-state index in [9.17, 15) is 0 Å². The van der Waals surface area contributed by atoms with Gasteiger partial charge in [0.25, 0.3) is 0 Å². The minimum absolute atomic E-state index is 0.594. The normalized spacial score (nSPS) is 39.9. The van der Waals surface area contributed by atoms with Crippen LogP contribution in [-0.2, 0) is 4.74 Å². The van der Waals surface area contributed by atoms with E-state index in [1.807, 2.05) is 0 Å². The van der Waals surface area contributed by atoms with Crippen molar-refractivity contribution in [3.05, 3.63) is 0 Å². The second-order valence-corrected chi connectivity index (χ2v) is 3.54. The van der Waals surface area contributed by atoms with Gasteiger partial charge in [-0.25, -0.2) is 0 Å². The van der Waals surface area contributed by atoms with Crippen LogP contribution in [0.3, 0.4) is 0 Å². The van der Waals surface area contributed by atoms with Gasteiger partial charge in [0.15, 0.2) is 0 Å². The van der Waals surface area contributed by atoms with E-state index in [-0.39, 0.29) is 0 Å². The molecular formula is C8H15NO. The van der Waals surface area contributed by atoms with E-state index < -0.39 is 0 Å². The molecule has 2 atom stereocenters. The molecule has 1 heterocycles. The molecule has 0 spiro atoms. The predicted octanol–water partition coefficient (Wildman–Crippen LogP) is 0.868. The lowest BCUT2D eigenvalue weighted by Crippen LogP contribution is -2.41. The van der Waals surface area contributed by atoms with Gasteiger partial charge in [0.05, 0.1) is 12.7 Å². The van der Waals surface area contributed by atoms with E-state index in [0.717, 1.165) is 19.2 Å². The fourth-order valence-corrected chi connectivity index (χ4v) is 1.80. The number of hydrogen-bond acceptors (Lipinski definition) is 2. The van der Waals surface area contributed by atoms with Crippen molar-refractivity contribution < 1.29 is 4.74 Å². The fraction of sp³-hybridized carbons (Fsp3) is 1.00. The van der Waals surface area contributed by atoms with Gasteiger partial charge in [-0.1, -0.05) is 0 Å². The number of ether oxygens (including phenoxy) is 1. The van der Waals surface area contributed by atoms with Crippen molar-refractivity contribution in [3.8, 4) is 0 Å². The summed E-state index contributed by atoms with van der Waals surface area (Å²) in [6, 6.07) is 1.48. The third-order valence-corrected chi connectivity index (χ3v) is 2.47. The van der Waals surface area contributed by atoms with Gasteiger partial charge in [-0.15, -0.1) is 0 Å². The third-order valence-electron chi connectivity index (χ3n) is 2.47. The standard InChI is InChI=1S/C8H15NO/c1-6(2)9-3-4-10-8-5-7(8)9/h6-8H,3-5H2,1-2H3/t7-,8+/m1/s1. The highest BCUT2D eigenvalue weighted by Gasteiger charge is 2.46. The fourth-order valence-electron chi connectivity index (χ4n) is 1.80. The van der Waals surface area contributed by atoms with E-state index >= 15 is 0 Å². The minimum Gasteiger partial charge on any atom is -0.375 e. The maximum atomic E-state index is 5.49. The first-order valence-electron chi connectivity index (χ1n) is 4.16. The summed E-state index contributed by atoms with van der Waals surface area (Å²) in [6.45, 7) is 6.61. The Morgan fingerprint density at radius 3 is 2.90 bits per heavy atom. The van der Waals surface area contributed by atoms with Crippen LogP contribution in [0.4, 0.5) is 0 Å². The molecule has 0 aromatic carbocycles. The summed E-state index contributed by atoms with van der Waals surface area (Å²) in [5.74, 6) is 0. The lowest BCUT2D eigenvalue weighted by atomic mass is 10.3. The molecule has 1 aliphatic heterocycles. The van der Waals surface area contributed by atoms with Gasteiger partial charge in [-0.05, 0) is 20.3 Å². The summed E-state index contributed by atoms with van der Waals surface area (Å²) >= 11 is 0. The third kappa shape index (κ3) is 0.956. The molecule has 58 valence electrons. The van der Waals surface area contributed by atoms with Gasteiger partial charge in [0.1, 0.15) is 0 Å². The van der Waals surface area contributed by atoms with Crippen LogP contribution >= 0.6 is 0 Å². The average Bonchev–Trinajstić information content (AvgIpc) is 2.63. The Morgan fingerprint density at radius 1 is 1.50 bits per heavy atom. The van der Waals surface area contributed by atoms with E-state index in [4.69, 9.17) is 4.74 Å². The van der Waals surface area contributed by atoms with Gasteiger partial charge in [-0.3, -0.25) is 4.90 Å². The molecule has 2 aliphatic rings. The van der Waals surface area contributed by atoms with Gasteiger partial charge in [0, 0.05) is 18.6 Å². The maximum absolute atomic E-state index is 5.49. The largest absolute Gasteiger partial charge is 0.375 e.